The molecule has 1 amide bonds. The number of nitrogens with one attached hydrogen (secondary N) is 1. The lowest BCUT2D eigenvalue weighted by Gasteiger charge is -2.01. The molecule has 0 heterocycles. The first kappa shape index (κ1) is 10.1. The molecule has 0 radical (unpaired) electrons. The van der Waals surface area contributed by atoms with Crippen LogP contribution in [0, 0.1) is 5.92 Å². The maximum Gasteiger partial charge on any atom is 0.229 e. The fraction of sp³-hybridized carbons (Fsp3) is 0.273. The summed E-state index contributed by atoms with van der Waals surface area (Å²) in [7, 11) is 0. The smallest absolute Gasteiger partial charge is 0.229 e. The molecule has 0 unspecified atom stereocenters. The summed E-state index contributed by atoms with van der Waals surface area (Å²) in [5, 5.41) is 2.53. The molecule has 2 rings (SSSR count). The van der Waals surface area contributed by atoms with Crippen LogP contribution in [0.4, 0.5) is 0 Å². The quantitative estimate of drug-likeness (QED) is 0.735. The van der Waals surface area contributed by atoms with Gasteiger partial charge in [-0.05, 0) is 30.1 Å². The summed E-state index contributed by atoms with van der Waals surface area (Å²) in [6, 6.07) is 10.0. The van der Waals surface area contributed by atoms with Gasteiger partial charge in [0.2, 0.25) is 5.91 Å². The van der Waals surface area contributed by atoms with Gasteiger partial charge in [0.15, 0.2) is 5.11 Å². The summed E-state index contributed by atoms with van der Waals surface area (Å²) in [4.78, 5) is 11.5. The highest BCUT2D eigenvalue weighted by atomic mass is 32.1. The lowest BCUT2D eigenvalue weighted by molar-refractivity contribution is -0.120. The summed E-state index contributed by atoms with van der Waals surface area (Å²) in [5.41, 5.74) is 6.45. The fourth-order valence-corrected chi connectivity index (χ4v) is 1.87. The molecule has 4 heteroatoms. The number of rotatable bonds is 2. The van der Waals surface area contributed by atoms with Crippen molar-refractivity contribution in [3.8, 4) is 0 Å². The van der Waals surface area contributed by atoms with E-state index in [0.717, 1.165) is 6.42 Å². The lowest BCUT2D eigenvalue weighted by atomic mass is 10.1. The number of benzene rings is 1. The zero-order valence-electron chi connectivity index (χ0n) is 8.14. The molecular weight excluding hydrogens is 208 g/mol. The van der Waals surface area contributed by atoms with E-state index in [-0.39, 0.29) is 16.9 Å². The van der Waals surface area contributed by atoms with Crippen molar-refractivity contribution in [2.24, 2.45) is 11.7 Å². The lowest BCUT2D eigenvalue weighted by Crippen LogP contribution is -2.36. The Bertz CT molecular complexity index is 391. The molecule has 0 aromatic heterocycles. The molecule has 1 aromatic rings. The van der Waals surface area contributed by atoms with E-state index in [9.17, 15) is 4.79 Å². The van der Waals surface area contributed by atoms with Crippen LogP contribution in [0.2, 0.25) is 0 Å². The van der Waals surface area contributed by atoms with Gasteiger partial charge in [-0.3, -0.25) is 4.79 Å². The molecule has 1 aromatic carbocycles. The molecule has 1 aliphatic rings. The Labute approximate surface area is 93.7 Å². The van der Waals surface area contributed by atoms with Gasteiger partial charge in [-0.1, -0.05) is 30.3 Å². The number of carbonyl (C=O) groups is 1. The first-order valence-electron chi connectivity index (χ1n) is 4.83. The van der Waals surface area contributed by atoms with E-state index in [0.29, 0.717) is 5.92 Å². The van der Waals surface area contributed by atoms with E-state index >= 15 is 0 Å². The Kier molecular flexibility index (Phi) is 2.68. The number of hydrogen-bond acceptors (Lipinski definition) is 2. The standard InChI is InChI=1S/C11H12N2OS/c12-11(15)13-10(14)9-6-8(9)7-4-2-1-3-5-7/h1-5,8-9H,6H2,(H3,12,13,14,15)/t8-,9-/m1/s1. The number of amides is 1. The third-order valence-corrected chi connectivity index (χ3v) is 2.70. The average Bonchev–Trinajstić information content (AvgIpc) is 2.97. The zero-order chi connectivity index (χ0) is 10.8. The first-order chi connectivity index (χ1) is 7.18. The van der Waals surface area contributed by atoms with E-state index in [4.69, 9.17) is 5.73 Å². The topological polar surface area (TPSA) is 55.1 Å². The minimum absolute atomic E-state index is 0.0360. The largest absolute Gasteiger partial charge is 0.376 e. The second-order valence-corrected chi connectivity index (χ2v) is 4.15. The molecule has 3 N–H and O–H groups in total. The van der Waals surface area contributed by atoms with Gasteiger partial charge in [-0.2, -0.15) is 0 Å². The number of hydrogen-bond donors (Lipinski definition) is 2. The van der Waals surface area contributed by atoms with Crippen molar-refractivity contribution in [3.05, 3.63) is 35.9 Å². The second kappa shape index (κ2) is 3.98. The Balaban J connectivity index is 1.97. The Morgan fingerprint density at radius 2 is 2.07 bits per heavy atom. The van der Waals surface area contributed by atoms with Crippen molar-refractivity contribution in [2.45, 2.75) is 12.3 Å². The van der Waals surface area contributed by atoms with Crippen molar-refractivity contribution in [3.63, 3.8) is 0 Å². The van der Waals surface area contributed by atoms with Crippen LogP contribution >= 0.6 is 12.2 Å². The molecule has 78 valence electrons. The minimum atomic E-state index is -0.0589. The van der Waals surface area contributed by atoms with Crippen LogP contribution < -0.4 is 11.1 Å². The molecule has 0 saturated heterocycles. The Hall–Kier alpha value is -1.42. The van der Waals surface area contributed by atoms with E-state index in [1.54, 1.807) is 0 Å². The number of nitrogens with two attached hydrogens (primary N) is 1. The maximum absolute atomic E-state index is 11.5. The summed E-state index contributed by atoms with van der Waals surface area (Å²) in [5.74, 6) is 0.311. The number of carbonyl (C=O) groups excluding carboxylic acids is 1. The van der Waals surface area contributed by atoms with Crippen LogP contribution in [0.25, 0.3) is 0 Å². The molecule has 3 nitrogen and oxygen atoms in total. The summed E-state index contributed by atoms with van der Waals surface area (Å²) in [6.07, 6.45) is 0.887. The first-order valence-corrected chi connectivity index (χ1v) is 5.24. The van der Waals surface area contributed by atoms with Gasteiger partial charge in [0.05, 0.1) is 0 Å². The van der Waals surface area contributed by atoms with E-state index < -0.39 is 0 Å². The van der Waals surface area contributed by atoms with Crippen LogP contribution in [0.15, 0.2) is 30.3 Å². The van der Waals surface area contributed by atoms with Crippen LogP contribution in [-0.4, -0.2) is 11.0 Å². The molecule has 2 atom stereocenters. The van der Waals surface area contributed by atoms with Crippen molar-refractivity contribution in [2.75, 3.05) is 0 Å². The van der Waals surface area contributed by atoms with Gasteiger partial charge in [-0.25, -0.2) is 0 Å². The molecule has 1 saturated carbocycles. The zero-order valence-corrected chi connectivity index (χ0v) is 8.96. The van der Waals surface area contributed by atoms with Crippen LogP contribution in [0.3, 0.4) is 0 Å². The Morgan fingerprint density at radius 1 is 1.40 bits per heavy atom. The predicted octanol–water partition coefficient (Wildman–Crippen LogP) is 1.15. The van der Waals surface area contributed by atoms with Gasteiger partial charge in [-0.15, -0.1) is 0 Å². The normalized spacial score (nSPS) is 23.2. The van der Waals surface area contributed by atoms with Crippen molar-refractivity contribution < 1.29 is 4.79 Å². The Morgan fingerprint density at radius 3 is 2.67 bits per heavy atom. The molecule has 0 spiro atoms. The third kappa shape index (κ3) is 2.33. The highest BCUT2D eigenvalue weighted by Crippen LogP contribution is 2.47. The van der Waals surface area contributed by atoms with E-state index in [1.807, 2.05) is 30.3 Å². The maximum atomic E-state index is 11.5. The highest BCUT2D eigenvalue weighted by Gasteiger charge is 2.43. The molecule has 1 fully saturated rings. The summed E-state index contributed by atoms with van der Waals surface area (Å²) < 4.78 is 0. The van der Waals surface area contributed by atoms with Gasteiger partial charge in [0.25, 0.3) is 0 Å². The molecule has 1 aliphatic carbocycles. The summed E-state index contributed by atoms with van der Waals surface area (Å²) in [6.45, 7) is 0. The molecular formula is C11H12N2OS. The van der Waals surface area contributed by atoms with Crippen molar-refractivity contribution in [1.29, 1.82) is 0 Å². The third-order valence-electron chi connectivity index (χ3n) is 2.60. The van der Waals surface area contributed by atoms with E-state index in [1.165, 1.54) is 5.56 Å². The van der Waals surface area contributed by atoms with Crippen molar-refractivity contribution in [1.82, 2.24) is 5.32 Å². The SMILES string of the molecule is NC(=S)NC(=O)[C@@H]1C[C@@H]1c1ccccc1. The monoisotopic (exact) mass is 220 g/mol. The van der Waals surface area contributed by atoms with Gasteiger partial charge >= 0.3 is 0 Å². The van der Waals surface area contributed by atoms with Crippen LogP contribution in [0.1, 0.15) is 17.9 Å². The van der Waals surface area contributed by atoms with Crippen LogP contribution in [0.5, 0.6) is 0 Å². The van der Waals surface area contributed by atoms with Gasteiger partial charge in [0, 0.05) is 5.92 Å². The van der Waals surface area contributed by atoms with Crippen LogP contribution in [-0.2, 0) is 4.79 Å². The predicted molar refractivity (Wildman–Crippen MR) is 62.2 cm³/mol. The summed E-state index contributed by atoms with van der Waals surface area (Å²) >= 11 is 4.62. The molecule has 0 aliphatic heterocycles. The minimum Gasteiger partial charge on any atom is -0.376 e. The molecule has 0 bridgehead atoms. The van der Waals surface area contributed by atoms with E-state index in [2.05, 4.69) is 17.5 Å². The fourth-order valence-electron chi connectivity index (χ4n) is 1.77. The number of thiocarbonyl (C=S) groups is 1. The average molecular weight is 220 g/mol. The van der Waals surface area contributed by atoms with Crippen molar-refractivity contribution >= 4 is 23.2 Å². The van der Waals surface area contributed by atoms with Gasteiger partial charge < -0.3 is 11.1 Å². The highest BCUT2D eigenvalue weighted by molar-refractivity contribution is 7.80. The van der Waals surface area contributed by atoms with Gasteiger partial charge in [0.1, 0.15) is 0 Å². The second-order valence-electron chi connectivity index (χ2n) is 3.71. The molecule has 15 heavy (non-hydrogen) atoms.